The van der Waals surface area contributed by atoms with Crippen LogP contribution in [0.2, 0.25) is 0 Å². The summed E-state index contributed by atoms with van der Waals surface area (Å²) in [7, 11) is 1.42. The maximum atomic E-state index is 10.5. The smallest absolute Gasteiger partial charge is 1.00 e. The monoisotopic (exact) mass is 170 g/mol. The molecule has 3 heteroatoms. The van der Waals surface area contributed by atoms with Crippen LogP contribution in [0.25, 0.3) is 0 Å². The van der Waals surface area contributed by atoms with Crippen LogP contribution in [0.5, 0.6) is 0 Å². The van der Waals surface area contributed by atoms with Crippen molar-refractivity contribution >= 4 is 5.97 Å². The summed E-state index contributed by atoms with van der Waals surface area (Å²) in [5.41, 5.74) is 0. The molecule has 10 heavy (non-hydrogen) atoms. The van der Waals surface area contributed by atoms with Crippen molar-refractivity contribution in [2.75, 3.05) is 7.11 Å². The Bertz CT molecular complexity index is 88.5. The molecule has 0 unspecified atom stereocenters. The van der Waals surface area contributed by atoms with Gasteiger partial charge in [0.25, 0.3) is 0 Å². The van der Waals surface area contributed by atoms with Gasteiger partial charge >= 0.3 is 57.4 Å². The van der Waals surface area contributed by atoms with Crippen LogP contribution >= 0.6 is 0 Å². The van der Waals surface area contributed by atoms with Gasteiger partial charge in [-0.2, -0.15) is 0 Å². The Morgan fingerprint density at radius 3 is 2.50 bits per heavy atom. The van der Waals surface area contributed by atoms with Crippen LogP contribution in [0.3, 0.4) is 0 Å². The summed E-state index contributed by atoms with van der Waals surface area (Å²) in [6.45, 7) is 2.11. The second kappa shape index (κ2) is 10.1. The van der Waals surface area contributed by atoms with Gasteiger partial charge in [-0.25, -0.2) is 0 Å². The zero-order valence-electron chi connectivity index (χ0n) is 8.14. The summed E-state index contributed by atoms with van der Waals surface area (Å²) < 4.78 is 4.46. The number of methoxy groups -OCH3 is 1. The fraction of sp³-hybridized carbons (Fsp3) is 0.857. The van der Waals surface area contributed by atoms with E-state index < -0.39 is 0 Å². The van der Waals surface area contributed by atoms with Crippen molar-refractivity contribution in [3.8, 4) is 0 Å². The molecule has 0 radical (unpaired) electrons. The van der Waals surface area contributed by atoms with E-state index >= 15 is 0 Å². The first-order valence-corrected chi connectivity index (χ1v) is 3.38. The molecule has 0 spiro atoms. The van der Waals surface area contributed by atoms with Gasteiger partial charge in [0, 0.05) is 6.42 Å². The number of rotatable bonds is 4. The number of ether oxygens (including phenoxy) is 1. The third kappa shape index (κ3) is 9.11. The molecule has 0 rings (SSSR count). The molecule has 0 atom stereocenters. The Balaban J connectivity index is -0.000000320. The van der Waals surface area contributed by atoms with Crippen LogP contribution in [0.15, 0.2) is 0 Å². The second-order valence-electron chi connectivity index (χ2n) is 2.03. The van der Waals surface area contributed by atoms with E-state index in [1.165, 1.54) is 7.11 Å². The normalized spacial score (nSPS) is 8.20. The number of esters is 1. The fourth-order valence-corrected chi connectivity index (χ4v) is 0.621. The molecule has 0 fully saturated rings. The maximum absolute atomic E-state index is 10.5. The van der Waals surface area contributed by atoms with E-state index in [2.05, 4.69) is 11.7 Å². The summed E-state index contributed by atoms with van der Waals surface area (Å²) in [6.07, 6.45) is 3.81. The standard InChI is InChI=1S/C7H14O2.K.H/c1-3-4-5-6-7(8)9-2;;/h3-6H2,1-2H3;;/q;+1;-1. The first kappa shape index (κ1) is 13.7. The summed E-state index contributed by atoms with van der Waals surface area (Å²) in [6, 6.07) is 0. The van der Waals surface area contributed by atoms with Crippen molar-refractivity contribution < 1.29 is 62.3 Å². The van der Waals surface area contributed by atoms with Gasteiger partial charge in [-0.1, -0.05) is 19.8 Å². The first-order chi connectivity index (χ1) is 4.31. The molecule has 0 heterocycles. The molecule has 0 saturated carbocycles. The molecule has 0 aromatic rings. The number of carbonyl (C=O) groups is 1. The molecule has 0 aliphatic heterocycles. The Morgan fingerprint density at radius 2 is 2.10 bits per heavy atom. The van der Waals surface area contributed by atoms with E-state index in [1.807, 2.05) is 0 Å². The molecular weight excluding hydrogens is 155 g/mol. The largest absolute Gasteiger partial charge is 1.00 e. The summed E-state index contributed by atoms with van der Waals surface area (Å²) >= 11 is 0. The van der Waals surface area contributed by atoms with Gasteiger partial charge in [-0.3, -0.25) is 4.79 Å². The van der Waals surface area contributed by atoms with Crippen LogP contribution in [-0.4, -0.2) is 13.1 Å². The maximum Gasteiger partial charge on any atom is 1.00 e. The van der Waals surface area contributed by atoms with Gasteiger partial charge in [-0.05, 0) is 6.42 Å². The molecule has 0 amide bonds. The predicted octanol–water partition coefficient (Wildman–Crippen LogP) is -1.14. The number of hydrogen-bond donors (Lipinski definition) is 0. The van der Waals surface area contributed by atoms with Crippen molar-refractivity contribution in [2.24, 2.45) is 0 Å². The molecule has 0 bridgehead atoms. The van der Waals surface area contributed by atoms with Crippen LogP contribution in [0, 0.1) is 0 Å². The van der Waals surface area contributed by atoms with E-state index in [1.54, 1.807) is 0 Å². The van der Waals surface area contributed by atoms with Crippen molar-refractivity contribution in [3.05, 3.63) is 0 Å². The van der Waals surface area contributed by atoms with E-state index in [0.717, 1.165) is 19.3 Å². The van der Waals surface area contributed by atoms with Gasteiger partial charge in [0.15, 0.2) is 0 Å². The molecule has 0 aliphatic carbocycles. The van der Waals surface area contributed by atoms with Crippen molar-refractivity contribution in [3.63, 3.8) is 0 Å². The fourth-order valence-electron chi connectivity index (χ4n) is 0.621. The molecule has 0 N–H and O–H groups in total. The Labute approximate surface area is 107 Å². The van der Waals surface area contributed by atoms with Crippen LogP contribution in [0.1, 0.15) is 34.0 Å². The molecule has 0 aromatic heterocycles. The summed E-state index contributed by atoms with van der Waals surface area (Å²) in [5, 5.41) is 0. The number of unbranched alkanes of at least 4 members (excludes halogenated alkanes) is 2. The topological polar surface area (TPSA) is 26.3 Å². The average molecular weight is 170 g/mol. The van der Waals surface area contributed by atoms with Gasteiger partial charge < -0.3 is 6.16 Å². The minimum Gasteiger partial charge on any atom is -1.00 e. The number of carbonyl (C=O) groups excluding carboxylic acids is 1. The third-order valence-electron chi connectivity index (χ3n) is 1.21. The molecule has 0 saturated heterocycles. The molecule has 0 aromatic carbocycles. The minimum atomic E-state index is -0.0940. The van der Waals surface area contributed by atoms with Crippen LogP contribution < -0.4 is 51.4 Å². The van der Waals surface area contributed by atoms with Crippen molar-refractivity contribution in [1.29, 1.82) is 0 Å². The Kier molecular flexibility index (Phi) is 13.8. The Hall–Kier alpha value is 1.11. The number of hydrogen-bond acceptors (Lipinski definition) is 2. The zero-order chi connectivity index (χ0) is 7.11. The minimum absolute atomic E-state index is 0. The first-order valence-electron chi connectivity index (χ1n) is 3.38. The summed E-state index contributed by atoms with van der Waals surface area (Å²) in [5.74, 6) is -0.0940. The second-order valence-corrected chi connectivity index (χ2v) is 2.03. The zero-order valence-corrected chi connectivity index (χ0v) is 10.3. The summed E-state index contributed by atoms with van der Waals surface area (Å²) in [4.78, 5) is 10.5. The van der Waals surface area contributed by atoms with E-state index in [4.69, 9.17) is 0 Å². The molecule has 56 valence electrons. The van der Waals surface area contributed by atoms with Crippen LogP contribution in [-0.2, 0) is 9.53 Å². The van der Waals surface area contributed by atoms with E-state index in [9.17, 15) is 4.79 Å². The third-order valence-corrected chi connectivity index (χ3v) is 1.21. The molecular formula is C7H15KO2. The Morgan fingerprint density at radius 1 is 1.50 bits per heavy atom. The van der Waals surface area contributed by atoms with E-state index in [0.29, 0.717) is 6.42 Å². The molecule has 2 nitrogen and oxygen atoms in total. The van der Waals surface area contributed by atoms with Gasteiger partial charge in [0.2, 0.25) is 0 Å². The van der Waals surface area contributed by atoms with Gasteiger partial charge in [-0.15, -0.1) is 0 Å². The quantitative estimate of drug-likeness (QED) is 0.303. The SMILES string of the molecule is CCCCCC(=O)OC.[H-].[K+]. The van der Waals surface area contributed by atoms with E-state index in [-0.39, 0.29) is 58.8 Å². The van der Waals surface area contributed by atoms with Crippen molar-refractivity contribution in [2.45, 2.75) is 32.6 Å². The van der Waals surface area contributed by atoms with Crippen molar-refractivity contribution in [1.82, 2.24) is 0 Å². The molecule has 0 aliphatic rings. The van der Waals surface area contributed by atoms with Gasteiger partial charge in [0.05, 0.1) is 7.11 Å². The average Bonchev–Trinajstić information content (AvgIpc) is 1.89. The predicted molar refractivity (Wildman–Crippen MR) is 37.3 cm³/mol. The van der Waals surface area contributed by atoms with Crippen LogP contribution in [0.4, 0.5) is 0 Å². The van der Waals surface area contributed by atoms with Gasteiger partial charge in [0.1, 0.15) is 0 Å².